The summed E-state index contributed by atoms with van der Waals surface area (Å²) in [7, 11) is 5.56. The van der Waals surface area contributed by atoms with Crippen LogP contribution >= 0.6 is 0 Å². The van der Waals surface area contributed by atoms with Crippen molar-refractivity contribution in [1.29, 1.82) is 0 Å². The van der Waals surface area contributed by atoms with Crippen LogP contribution in [0.15, 0.2) is 0 Å². The van der Waals surface area contributed by atoms with E-state index in [2.05, 4.69) is 13.8 Å². The molecule has 0 fully saturated rings. The van der Waals surface area contributed by atoms with Crippen LogP contribution in [-0.4, -0.2) is 80.6 Å². The molecule has 0 radical (unpaired) electrons. The van der Waals surface area contributed by atoms with Gasteiger partial charge in [0.05, 0.1) is 34.4 Å². The second-order valence-corrected chi connectivity index (χ2v) is 20.6. The lowest BCUT2D eigenvalue weighted by Crippen LogP contribution is -2.50. The molecule has 0 rings (SSSR count). The number of esters is 2. The van der Waals surface area contributed by atoms with Crippen LogP contribution in [0.5, 0.6) is 0 Å². The minimum absolute atomic E-state index is 0.0411. The van der Waals surface area contributed by atoms with Crippen LogP contribution in [0, 0.1) is 0 Å². The number of ether oxygens (including phenoxy) is 3. The predicted octanol–water partition coefficient (Wildman–Crippen LogP) is 16.4. The van der Waals surface area contributed by atoms with Crippen LogP contribution in [0.3, 0.4) is 0 Å². The zero-order chi connectivity index (χ0) is 47.0. The normalized spacial score (nSPS) is 12.7. The molecule has 2 atom stereocenters. The van der Waals surface area contributed by atoms with Crippen LogP contribution in [0.1, 0.15) is 290 Å². The Balaban J connectivity index is 4.10. The Morgan fingerprint density at radius 3 is 0.969 bits per heavy atom. The first kappa shape index (κ1) is 62.3. The van der Waals surface area contributed by atoms with Gasteiger partial charge in [-0.15, -0.1) is 0 Å². The number of nitrogens with zero attached hydrogens (tertiary/aromatic N) is 1. The van der Waals surface area contributed by atoms with Crippen LogP contribution in [0.25, 0.3) is 0 Å². The van der Waals surface area contributed by atoms with Crippen molar-refractivity contribution < 1.29 is 38.2 Å². The van der Waals surface area contributed by atoms with Crippen molar-refractivity contribution in [3.8, 4) is 0 Å². The molecule has 0 aromatic rings. The van der Waals surface area contributed by atoms with Gasteiger partial charge in [-0.1, -0.05) is 258 Å². The first-order valence-corrected chi connectivity index (χ1v) is 28.1. The van der Waals surface area contributed by atoms with Crippen molar-refractivity contribution in [2.75, 3.05) is 41.0 Å². The molecule has 0 aromatic heterocycles. The molecule has 0 aliphatic heterocycles. The molecule has 0 spiro atoms. The zero-order valence-corrected chi connectivity index (χ0v) is 43.5. The summed E-state index contributed by atoms with van der Waals surface area (Å²) < 4.78 is 17.4. The zero-order valence-electron chi connectivity index (χ0n) is 43.5. The Hall–Kier alpha value is -1.67. The summed E-state index contributed by atoms with van der Waals surface area (Å²) in [5.74, 6) is -1.43. The van der Waals surface area contributed by atoms with Gasteiger partial charge in [-0.2, -0.15) is 0 Å². The lowest BCUT2D eigenvalue weighted by atomic mass is 10.0. The third kappa shape index (κ3) is 45.5. The third-order valence-electron chi connectivity index (χ3n) is 13.3. The van der Waals surface area contributed by atoms with Gasteiger partial charge in [-0.25, -0.2) is 4.79 Å². The quantitative estimate of drug-likeness (QED) is 0.0369. The van der Waals surface area contributed by atoms with E-state index in [-0.39, 0.29) is 36.2 Å². The van der Waals surface area contributed by atoms with Gasteiger partial charge in [0.25, 0.3) is 0 Å². The number of quaternary nitrogens is 1. The average Bonchev–Trinajstić information content (AvgIpc) is 3.26. The van der Waals surface area contributed by atoms with E-state index in [0.29, 0.717) is 19.3 Å². The van der Waals surface area contributed by atoms with Crippen molar-refractivity contribution >= 4 is 17.9 Å². The molecule has 64 heavy (non-hydrogen) atoms. The van der Waals surface area contributed by atoms with Crippen LogP contribution in [-0.2, 0) is 28.6 Å². The summed E-state index contributed by atoms with van der Waals surface area (Å²) in [4.78, 5) is 37.2. The smallest absolute Gasteiger partial charge is 0.362 e. The monoisotopic (exact) mass is 909 g/mol. The number of carboxylic acid groups (broad SMARTS) is 1. The highest BCUT2D eigenvalue weighted by Gasteiger charge is 2.31. The largest absolute Gasteiger partial charge is 0.477 e. The molecule has 0 heterocycles. The molecule has 8 heteroatoms. The molecule has 0 aromatic carbocycles. The maximum absolute atomic E-state index is 12.8. The minimum atomic E-state index is -0.868. The summed E-state index contributed by atoms with van der Waals surface area (Å²) in [6.45, 7) is 4.81. The van der Waals surface area contributed by atoms with E-state index >= 15 is 0 Å². The summed E-state index contributed by atoms with van der Waals surface area (Å²) >= 11 is 0. The molecular formula is C56H110NO7+. The van der Waals surface area contributed by atoms with Crippen LogP contribution < -0.4 is 0 Å². The van der Waals surface area contributed by atoms with E-state index in [0.717, 1.165) is 38.5 Å². The Morgan fingerprint density at radius 2 is 0.688 bits per heavy atom. The molecule has 0 aliphatic carbocycles. The van der Waals surface area contributed by atoms with Gasteiger partial charge in [0.1, 0.15) is 6.61 Å². The van der Waals surface area contributed by atoms with Gasteiger partial charge < -0.3 is 23.8 Å². The molecule has 1 N–H and O–H groups in total. The number of carbonyl (C=O) groups excluding carboxylic acids is 2. The minimum Gasteiger partial charge on any atom is -0.477 e. The van der Waals surface area contributed by atoms with Crippen molar-refractivity contribution in [1.82, 2.24) is 0 Å². The summed E-state index contributed by atoms with van der Waals surface area (Å²) in [5.41, 5.74) is 0. The lowest BCUT2D eigenvalue weighted by molar-refractivity contribution is -0.887. The van der Waals surface area contributed by atoms with E-state index in [4.69, 9.17) is 14.2 Å². The number of likely N-dealkylation sites (N-methyl/N-ethyl adjacent to an activating group) is 1. The standard InChI is InChI=1S/C56H109NO7/c1-6-8-10-12-14-16-18-20-22-24-25-26-27-28-29-30-31-33-35-37-39-41-43-45-47-55(59)64-52(50-62-49-48-53(56(60)61)57(3,4)5)51-63-54(58)46-44-42-40-38-36-34-32-23-21-19-17-15-13-11-9-7-2/h52-53H,6-51H2,1-5H3/p+1. The van der Waals surface area contributed by atoms with Crippen molar-refractivity contribution in [2.45, 2.75) is 302 Å². The third-order valence-corrected chi connectivity index (χ3v) is 13.3. The van der Waals surface area contributed by atoms with Gasteiger partial charge >= 0.3 is 17.9 Å². The van der Waals surface area contributed by atoms with Crippen molar-refractivity contribution in [3.63, 3.8) is 0 Å². The predicted molar refractivity (Wildman–Crippen MR) is 271 cm³/mol. The highest BCUT2D eigenvalue weighted by atomic mass is 16.6. The number of rotatable bonds is 52. The Morgan fingerprint density at radius 1 is 0.406 bits per heavy atom. The number of hydrogen-bond donors (Lipinski definition) is 1. The SMILES string of the molecule is CCCCCCCCCCCCCCCCCCCCCCCCCCC(=O)OC(COCCC(C(=O)O)[N+](C)(C)C)COC(=O)CCCCCCCCCCCCCCCCCC. The molecule has 0 bridgehead atoms. The van der Waals surface area contributed by atoms with Gasteiger partial charge in [0.15, 0.2) is 12.1 Å². The van der Waals surface area contributed by atoms with Gasteiger partial charge in [-0.05, 0) is 12.8 Å². The average molecular weight is 909 g/mol. The number of aliphatic carboxylic acids is 1. The molecule has 380 valence electrons. The van der Waals surface area contributed by atoms with E-state index in [1.54, 1.807) is 0 Å². The Bertz CT molecular complexity index is 1010. The number of carboxylic acids is 1. The molecule has 0 amide bonds. The maximum atomic E-state index is 12.8. The molecular weight excluding hydrogens is 799 g/mol. The fourth-order valence-corrected chi connectivity index (χ4v) is 8.92. The first-order valence-electron chi connectivity index (χ1n) is 28.1. The second kappa shape index (κ2) is 47.8. The molecule has 0 saturated heterocycles. The fourth-order valence-electron chi connectivity index (χ4n) is 8.92. The first-order chi connectivity index (χ1) is 31.1. The molecule has 0 aliphatic rings. The highest BCUT2D eigenvalue weighted by molar-refractivity contribution is 5.72. The van der Waals surface area contributed by atoms with Gasteiger partial charge in [0.2, 0.25) is 0 Å². The second-order valence-electron chi connectivity index (χ2n) is 20.6. The Labute approximate surface area is 397 Å². The molecule has 0 saturated carbocycles. The van der Waals surface area contributed by atoms with E-state index in [1.807, 2.05) is 21.1 Å². The van der Waals surface area contributed by atoms with Crippen molar-refractivity contribution in [2.24, 2.45) is 0 Å². The lowest BCUT2D eigenvalue weighted by Gasteiger charge is -2.31. The van der Waals surface area contributed by atoms with E-state index < -0.39 is 18.1 Å². The number of carbonyl (C=O) groups is 3. The van der Waals surface area contributed by atoms with Gasteiger partial charge in [-0.3, -0.25) is 9.59 Å². The maximum Gasteiger partial charge on any atom is 0.362 e. The summed E-state index contributed by atoms with van der Waals surface area (Å²) in [6, 6.07) is -0.609. The van der Waals surface area contributed by atoms with Crippen LogP contribution in [0.2, 0.25) is 0 Å². The number of unbranched alkanes of at least 4 members (excludes halogenated alkanes) is 38. The van der Waals surface area contributed by atoms with E-state index in [1.165, 1.54) is 218 Å². The van der Waals surface area contributed by atoms with Crippen LogP contribution in [0.4, 0.5) is 0 Å². The van der Waals surface area contributed by atoms with Crippen molar-refractivity contribution in [3.05, 3.63) is 0 Å². The topological polar surface area (TPSA) is 99.1 Å². The fraction of sp³-hybridized carbons (Fsp3) is 0.946. The molecule has 8 nitrogen and oxygen atoms in total. The van der Waals surface area contributed by atoms with Gasteiger partial charge in [0, 0.05) is 19.3 Å². The molecule has 2 unspecified atom stereocenters. The summed E-state index contributed by atoms with van der Waals surface area (Å²) in [5, 5.41) is 9.67. The summed E-state index contributed by atoms with van der Waals surface area (Å²) in [6.07, 6.45) is 53.1. The Kier molecular flexibility index (Phi) is 46.6. The van der Waals surface area contributed by atoms with E-state index in [9.17, 15) is 19.5 Å². The highest BCUT2D eigenvalue weighted by Crippen LogP contribution is 2.18. The number of hydrogen-bond acceptors (Lipinski definition) is 6.